The summed E-state index contributed by atoms with van der Waals surface area (Å²) in [7, 11) is -2.18. The number of anilines is 1. The fraction of sp³-hybridized carbons (Fsp3) is 0.250. The Bertz CT molecular complexity index is 1670. The van der Waals surface area contributed by atoms with E-state index in [2.05, 4.69) is 10.3 Å². The Kier molecular flexibility index (Phi) is 6.09. The number of methoxy groups -OCH3 is 1. The number of aromatic nitrogens is 1. The van der Waals surface area contributed by atoms with Gasteiger partial charge in [0, 0.05) is 53.4 Å². The van der Waals surface area contributed by atoms with Crippen molar-refractivity contribution in [3.63, 3.8) is 0 Å². The van der Waals surface area contributed by atoms with E-state index in [-0.39, 0.29) is 36.8 Å². The molecule has 2 amide bonds. The molecule has 0 bridgehead atoms. The van der Waals surface area contributed by atoms with Gasteiger partial charge in [-0.05, 0) is 48.0 Å². The van der Waals surface area contributed by atoms with E-state index in [9.17, 15) is 22.7 Å². The number of aliphatic hydroxyl groups excluding tert-OH is 1. The zero-order valence-electron chi connectivity index (χ0n) is 21.1. The molecule has 39 heavy (non-hydrogen) atoms. The van der Waals surface area contributed by atoms with Crippen LogP contribution in [0.25, 0.3) is 10.9 Å². The third-order valence-electron chi connectivity index (χ3n) is 7.60. The monoisotopic (exact) mass is 550 g/mol. The minimum Gasteiger partial charge on any atom is -0.497 e. The van der Waals surface area contributed by atoms with Crippen molar-refractivity contribution in [2.75, 3.05) is 38.7 Å². The van der Waals surface area contributed by atoms with Gasteiger partial charge in [-0.2, -0.15) is 4.31 Å². The van der Waals surface area contributed by atoms with Gasteiger partial charge in [-0.1, -0.05) is 24.3 Å². The van der Waals surface area contributed by atoms with E-state index in [1.165, 1.54) is 27.4 Å². The van der Waals surface area contributed by atoms with E-state index < -0.39 is 33.3 Å². The van der Waals surface area contributed by atoms with Crippen molar-refractivity contribution in [2.45, 2.75) is 16.4 Å². The number of nitrogens with one attached hydrogen (secondary N) is 2. The summed E-state index contributed by atoms with van der Waals surface area (Å²) in [5.74, 6) is 0.146. The minimum absolute atomic E-state index is 0.151. The summed E-state index contributed by atoms with van der Waals surface area (Å²) in [6, 6.07) is 18.1. The van der Waals surface area contributed by atoms with E-state index in [0.29, 0.717) is 11.4 Å². The van der Waals surface area contributed by atoms with Crippen LogP contribution in [0.3, 0.4) is 0 Å². The van der Waals surface area contributed by atoms with E-state index in [1.54, 1.807) is 43.5 Å². The van der Waals surface area contributed by atoms with Crippen LogP contribution in [-0.4, -0.2) is 67.1 Å². The summed E-state index contributed by atoms with van der Waals surface area (Å²) >= 11 is 0. The maximum atomic E-state index is 13.8. The average Bonchev–Trinajstić information content (AvgIpc) is 3.30. The average molecular weight is 551 g/mol. The van der Waals surface area contributed by atoms with E-state index >= 15 is 0 Å². The fourth-order valence-corrected chi connectivity index (χ4v) is 7.41. The van der Waals surface area contributed by atoms with Crippen LogP contribution in [0.1, 0.15) is 17.3 Å². The van der Waals surface area contributed by atoms with Gasteiger partial charge >= 0.3 is 6.03 Å². The molecule has 4 aromatic rings. The minimum atomic E-state index is -3.74. The molecule has 3 N–H and O–H groups in total. The number of sulfonamides is 1. The lowest BCUT2D eigenvalue weighted by Gasteiger charge is -2.55. The molecule has 1 atom stereocenters. The number of nitrogens with zero attached hydrogens (tertiary/aromatic N) is 2. The first-order valence-corrected chi connectivity index (χ1v) is 13.9. The molecule has 3 heterocycles. The lowest BCUT2D eigenvalue weighted by molar-refractivity contribution is 0.0550. The molecule has 11 heteroatoms. The number of amides is 2. The van der Waals surface area contributed by atoms with Gasteiger partial charge in [0.1, 0.15) is 11.6 Å². The predicted molar refractivity (Wildman–Crippen MR) is 144 cm³/mol. The number of urea groups is 1. The Morgan fingerprint density at radius 1 is 1.10 bits per heavy atom. The number of rotatable bonds is 5. The van der Waals surface area contributed by atoms with Crippen LogP contribution < -0.4 is 10.1 Å². The number of H-pyrrole nitrogens is 1. The molecule has 0 radical (unpaired) electrons. The Balaban J connectivity index is 1.42. The van der Waals surface area contributed by atoms with E-state index in [4.69, 9.17) is 4.74 Å². The van der Waals surface area contributed by atoms with E-state index in [1.807, 2.05) is 18.2 Å². The van der Waals surface area contributed by atoms with Crippen LogP contribution in [0, 0.1) is 5.82 Å². The highest BCUT2D eigenvalue weighted by Crippen LogP contribution is 2.49. The SMILES string of the molecule is COc1ccc2c3c([nH]c2c1)[C@@H](CO)N(C(=O)Nc1cccc(F)c1)CC31CN(S(=O)(=O)c2ccccc2)C1. The zero-order chi connectivity index (χ0) is 27.4. The zero-order valence-corrected chi connectivity index (χ0v) is 21.9. The summed E-state index contributed by atoms with van der Waals surface area (Å²) in [5.41, 5.74) is 1.83. The van der Waals surface area contributed by atoms with Crippen molar-refractivity contribution in [1.29, 1.82) is 0 Å². The van der Waals surface area contributed by atoms with E-state index in [0.717, 1.165) is 16.5 Å². The second-order valence-electron chi connectivity index (χ2n) is 9.96. The summed E-state index contributed by atoms with van der Waals surface area (Å²) in [5, 5.41) is 14.1. The Labute approximate surface area is 224 Å². The Hall–Kier alpha value is -3.93. The molecule has 1 saturated heterocycles. The quantitative estimate of drug-likeness (QED) is 0.349. The first kappa shape index (κ1) is 25.4. The molecule has 3 aromatic carbocycles. The maximum absolute atomic E-state index is 13.8. The van der Waals surface area contributed by atoms with Crippen LogP contribution >= 0.6 is 0 Å². The number of carbonyl (C=O) groups is 1. The molecule has 0 saturated carbocycles. The van der Waals surface area contributed by atoms with Gasteiger partial charge in [-0.3, -0.25) is 0 Å². The topological polar surface area (TPSA) is 115 Å². The highest BCUT2D eigenvalue weighted by Gasteiger charge is 2.56. The summed E-state index contributed by atoms with van der Waals surface area (Å²) in [4.78, 5) is 18.6. The smallest absolute Gasteiger partial charge is 0.322 e. The molecule has 1 spiro atoms. The predicted octanol–water partition coefficient (Wildman–Crippen LogP) is 3.84. The first-order chi connectivity index (χ1) is 18.8. The number of ether oxygens (including phenoxy) is 1. The number of carbonyl (C=O) groups excluding carboxylic acids is 1. The van der Waals surface area contributed by atoms with Crippen molar-refractivity contribution in [3.8, 4) is 5.75 Å². The second-order valence-corrected chi connectivity index (χ2v) is 11.9. The fourth-order valence-electron chi connectivity index (χ4n) is 5.78. The highest BCUT2D eigenvalue weighted by molar-refractivity contribution is 7.89. The van der Waals surface area contributed by atoms with Crippen molar-refractivity contribution >= 4 is 32.6 Å². The number of benzene rings is 3. The number of halogens is 1. The molecular formula is C28H27FN4O5S. The van der Waals surface area contributed by atoms with Crippen LogP contribution in [0.4, 0.5) is 14.9 Å². The second kappa shape index (κ2) is 9.37. The maximum Gasteiger partial charge on any atom is 0.322 e. The molecule has 9 nitrogen and oxygen atoms in total. The largest absolute Gasteiger partial charge is 0.497 e. The third-order valence-corrected chi connectivity index (χ3v) is 9.40. The van der Waals surface area contributed by atoms with Gasteiger partial charge in [-0.25, -0.2) is 17.6 Å². The molecule has 0 unspecified atom stereocenters. The van der Waals surface area contributed by atoms with Gasteiger partial charge in [-0.15, -0.1) is 0 Å². The Morgan fingerprint density at radius 3 is 2.56 bits per heavy atom. The van der Waals surface area contributed by atoms with Gasteiger partial charge < -0.3 is 25.0 Å². The number of aliphatic hydroxyl groups is 1. The van der Waals surface area contributed by atoms with Crippen molar-refractivity contribution in [1.82, 2.24) is 14.2 Å². The van der Waals surface area contributed by atoms with Crippen molar-refractivity contribution in [3.05, 3.63) is 89.9 Å². The number of aromatic amines is 1. The number of hydrogen-bond acceptors (Lipinski definition) is 5. The third kappa shape index (κ3) is 4.13. The highest BCUT2D eigenvalue weighted by atomic mass is 32.2. The van der Waals surface area contributed by atoms with Crippen LogP contribution in [0.15, 0.2) is 77.7 Å². The molecule has 202 valence electrons. The van der Waals surface area contributed by atoms with Crippen molar-refractivity contribution < 1.29 is 27.4 Å². The molecule has 6 rings (SSSR count). The van der Waals surface area contributed by atoms with Crippen molar-refractivity contribution in [2.24, 2.45) is 0 Å². The molecule has 1 fully saturated rings. The van der Waals surface area contributed by atoms with Crippen LogP contribution in [0.2, 0.25) is 0 Å². The standard InChI is InChI=1S/C28H27FN4O5S/c1-38-20-10-11-22-23(13-20)31-26-24(14-34)33(27(35)30-19-7-5-6-18(29)12-19)17-28(25(22)26)15-32(16-28)39(36,37)21-8-3-2-4-9-21/h2-13,24,31,34H,14-17H2,1H3,(H,30,35)/t24-/m1/s1. The summed E-state index contributed by atoms with van der Waals surface area (Å²) in [6.45, 7) is 0.0952. The molecule has 1 aromatic heterocycles. The lowest BCUT2D eigenvalue weighted by atomic mass is 9.70. The van der Waals surface area contributed by atoms with Gasteiger partial charge in [0.15, 0.2) is 0 Å². The summed E-state index contributed by atoms with van der Waals surface area (Å²) in [6.07, 6.45) is 0. The van der Waals surface area contributed by atoms with Gasteiger partial charge in [0.05, 0.1) is 24.7 Å². The lowest BCUT2D eigenvalue weighted by Crippen LogP contribution is -2.68. The molecule has 2 aliphatic heterocycles. The van der Waals surface area contributed by atoms with Crippen LogP contribution in [-0.2, 0) is 15.4 Å². The summed E-state index contributed by atoms with van der Waals surface area (Å²) < 4.78 is 47.3. The first-order valence-electron chi connectivity index (χ1n) is 12.4. The van der Waals surface area contributed by atoms with Gasteiger partial charge in [0.25, 0.3) is 0 Å². The number of hydrogen-bond donors (Lipinski definition) is 3. The Morgan fingerprint density at radius 2 is 1.87 bits per heavy atom. The number of fused-ring (bicyclic) bond motifs is 4. The normalized spacial score (nSPS) is 18.5. The molecule has 2 aliphatic rings. The molecule has 0 aliphatic carbocycles. The van der Waals surface area contributed by atoms with Crippen LogP contribution in [0.5, 0.6) is 5.75 Å². The van der Waals surface area contributed by atoms with Gasteiger partial charge in [0.2, 0.25) is 10.0 Å². The molecular weight excluding hydrogens is 523 g/mol.